The molecule has 9 heteroatoms. The summed E-state index contributed by atoms with van der Waals surface area (Å²) in [5, 5.41) is 3.21. The summed E-state index contributed by atoms with van der Waals surface area (Å²) < 4.78 is 25.7. The Morgan fingerprint density at radius 3 is 2.84 bits per heavy atom. The smallest absolute Gasteiger partial charge is 0.184 e. The zero-order chi connectivity index (χ0) is 21.3. The second kappa shape index (κ2) is 8.32. The molecule has 158 valence electrons. The third-order valence-corrected chi connectivity index (χ3v) is 8.18. The lowest BCUT2D eigenvalue weighted by Crippen LogP contribution is -2.34. The van der Waals surface area contributed by atoms with E-state index >= 15 is 0 Å². The first-order chi connectivity index (χ1) is 15.1. The van der Waals surface area contributed by atoms with Crippen LogP contribution < -0.4 is 4.90 Å². The summed E-state index contributed by atoms with van der Waals surface area (Å²) in [5.74, 6) is 0.728. The molecule has 4 aromatic rings. The monoisotopic (exact) mass is 451 g/mol. The van der Waals surface area contributed by atoms with E-state index in [1.165, 1.54) is 17.7 Å². The minimum Gasteiger partial charge on any atom is -0.349 e. The van der Waals surface area contributed by atoms with E-state index in [1.54, 1.807) is 29.9 Å². The van der Waals surface area contributed by atoms with Crippen LogP contribution >= 0.6 is 11.3 Å². The Labute approximate surface area is 184 Å². The van der Waals surface area contributed by atoms with Crippen molar-refractivity contribution >= 4 is 37.9 Å². The van der Waals surface area contributed by atoms with Crippen molar-refractivity contribution in [3.8, 4) is 0 Å². The number of sulfone groups is 1. The maximum Gasteiger partial charge on any atom is 0.184 e. The van der Waals surface area contributed by atoms with Gasteiger partial charge in [0.25, 0.3) is 0 Å². The fraction of sp³-hybridized carbons (Fsp3) is 0.273. The molecule has 4 heterocycles. The molecule has 0 saturated carbocycles. The van der Waals surface area contributed by atoms with Gasteiger partial charge < -0.3 is 4.90 Å². The standard InChI is InChI=1S/C22H21N5O2S2/c28-31(29,14-21-24-9-11-30-21)17-6-7-18-19(12-17)25-15-26-22(18)27-10-2-1-5-20(27)16-4-3-8-23-13-16/h3-4,6-9,11-13,15,20H,1-2,5,10,14H2. The van der Waals surface area contributed by atoms with Gasteiger partial charge in [-0.05, 0) is 49.1 Å². The van der Waals surface area contributed by atoms with Crippen LogP contribution in [0.2, 0.25) is 0 Å². The van der Waals surface area contributed by atoms with Crippen LogP contribution in [-0.2, 0) is 15.6 Å². The van der Waals surface area contributed by atoms with E-state index in [9.17, 15) is 8.42 Å². The van der Waals surface area contributed by atoms with Crippen molar-refractivity contribution in [2.75, 3.05) is 11.4 Å². The van der Waals surface area contributed by atoms with E-state index in [4.69, 9.17) is 0 Å². The minimum absolute atomic E-state index is 0.108. The van der Waals surface area contributed by atoms with Crippen LogP contribution in [-0.4, -0.2) is 34.9 Å². The zero-order valence-corrected chi connectivity index (χ0v) is 18.4. The molecule has 1 fully saturated rings. The van der Waals surface area contributed by atoms with Crippen LogP contribution in [0.4, 0.5) is 5.82 Å². The number of piperidine rings is 1. The molecule has 0 spiro atoms. The Morgan fingerprint density at radius 1 is 1.10 bits per heavy atom. The van der Waals surface area contributed by atoms with Gasteiger partial charge in [0, 0.05) is 35.9 Å². The molecular formula is C22H21N5O2S2. The second-order valence-electron chi connectivity index (χ2n) is 7.55. The van der Waals surface area contributed by atoms with E-state index in [1.807, 2.05) is 18.3 Å². The first-order valence-electron chi connectivity index (χ1n) is 10.1. The molecule has 1 atom stereocenters. The van der Waals surface area contributed by atoms with Gasteiger partial charge >= 0.3 is 0 Å². The molecule has 1 saturated heterocycles. The van der Waals surface area contributed by atoms with Gasteiger partial charge in [-0.25, -0.2) is 23.4 Å². The van der Waals surface area contributed by atoms with Crippen molar-refractivity contribution in [2.24, 2.45) is 0 Å². The Balaban J connectivity index is 1.53. The van der Waals surface area contributed by atoms with Crippen molar-refractivity contribution in [2.45, 2.75) is 36.0 Å². The molecule has 31 heavy (non-hydrogen) atoms. The molecular weight excluding hydrogens is 430 g/mol. The molecule has 1 aromatic carbocycles. The number of rotatable bonds is 5. The Morgan fingerprint density at radius 2 is 2.03 bits per heavy atom. The molecule has 7 nitrogen and oxygen atoms in total. The van der Waals surface area contributed by atoms with E-state index in [0.29, 0.717) is 10.5 Å². The van der Waals surface area contributed by atoms with Gasteiger partial charge in [0.1, 0.15) is 22.9 Å². The number of aromatic nitrogens is 4. The zero-order valence-electron chi connectivity index (χ0n) is 16.8. The summed E-state index contributed by atoms with van der Waals surface area (Å²) in [5.41, 5.74) is 1.79. The molecule has 0 radical (unpaired) electrons. The number of fused-ring (bicyclic) bond motifs is 1. The highest BCUT2D eigenvalue weighted by molar-refractivity contribution is 7.90. The van der Waals surface area contributed by atoms with Crippen molar-refractivity contribution in [1.82, 2.24) is 19.9 Å². The van der Waals surface area contributed by atoms with Crippen LogP contribution in [0.25, 0.3) is 10.9 Å². The van der Waals surface area contributed by atoms with Crippen molar-refractivity contribution in [3.63, 3.8) is 0 Å². The van der Waals surface area contributed by atoms with Crippen LogP contribution in [0.15, 0.2) is 65.5 Å². The second-order valence-corrected chi connectivity index (χ2v) is 10.5. The highest BCUT2D eigenvalue weighted by Crippen LogP contribution is 2.37. The predicted octanol–water partition coefficient (Wildman–Crippen LogP) is 4.19. The highest BCUT2D eigenvalue weighted by Gasteiger charge is 2.27. The van der Waals surface area contributed by atoms with E-state index < -0.39 is 9.84 Å². The van der Waals surface area contributed by atoms with E-state index in [0.717, 1.165) is 42.6 Å². The van der Waals surface area contributed by atoms with Crippen molar-refractivity contribution < 1.29 is 8.42 Å². The number of benzene rings is 1. The van der Waals surface area contributed by atoms with E-state index in [-0.39, 0.29) is 16.7 Å². The Bertz CT molecular complexity index is 1290. The average Bonchev–Trinajstić information content (AvgIpc) is 3.31. The third kappa shape index (κ3) is 4.03. The molecule has 1 aliphatic heterocycles. The molecule has 0 N–H and O–H groups in total. The van der Waals surface area contributed by atoms with Gasteiger partial charge in [-0.15, -0.1) is 11.3 Å². The Kier molecular flexibility index (Phi) is 5.37. The van der Waals surface area contributed by atoms with Crippen molar-refractivity contribution in [1.29, 1.82) is 0 Å². The van der Waals surface area contributed by atoms with Gasteiger partial charge in [0.05, 0.1) is 16.5 Å². The first kappa shape index (κ1) is 20.0. The lowest BCUT2D eigenvalue weighted by molar-refractivity contribution is 0.470. The fourth-order valence-electron chi connectivity index (χ4n) is 4.12. The predicted molar refractivity (Wildman–Crippen MR) is 121 cm³/mol. The number of anilines is 1. The quantitative estimate of drug-likeness (QED) is 0.449. The van der Waals surface area contributed by atoms with Gasteiger partial charge in [-0.2, -0.15) is 0 Å². The van der Waals surface area contributed by atoms with Gasteiger partial charge in [-0.1, -0.05) is 6.07 Å². The number of hydrogen-bond acceptors (Lipinski definition) is 8. The summed E-state index contributed by atoms with van der Waals surface area (Å²) in [4.78, 5) is 19.9. The summed E-state index contributed by atoms with van der Waals surface area (Å²) >= 11 is 1.34. The van der Waals surface area contributed by atoms with Gasteiger partial charge in [-0.3, -0.25) is 4.98 Å². The lowest BCUT2D eigenvalue weighted by atomic mass is 9.96. The van der Waals surface area contributed by atoms with Crippen LogP contribution in [0.5, 0.6) is 0 Å². The van der Waals surface area contributed by atoms with Crippen LogP contribution in [0.1, 0.15) is 35.9 Å². The number of pyridine rings is 1. The first-order valence-corrected chi connectivity index (χ1v) is 12.7. The van der Waals surface area contributed by atoms with Gasteiger partial charge in [0.2, 0.25) is 0 Å². The third-order valence-electron chi connectivity index (χ3n) is 5.59. The van der Waals surface area contributed by atoms with Gasteiger partial charge in [0.15, 0.2) is 9.84 Å². The number of thiazole rings is 1. The SMILES string of the molecule is O=S(=O)(Cc1nccs1)c1ccc2c(N3CCCCC3c3cccnc3)ncnc2c1. The topological polar surface area (TPSA) is 88.9 Å². The molecule has 0 bridgehead atoms. The van der Waals surface area contributed by atoms with Crippen LogP contribution in [0.3, 0.4) is 0 Å². The lowest BCUT2D eigenvalue weighted by Gasteiger charge is -2.37. The molecule has 1 unspecified atom stereocenters. The summed E-state index contributed by atoms with van der Waals surface area (Å²) in [7, 11) is -3.50. The molecule has 5 rings (SSSR count). The summed E-state index contributed by atoms with van der Waals surface area (Å²) in [6, 6.07) is 9.37. The fourth-order valence-corrected chi connectivity index (χ4v) is 6.39. The normalized spacial score (nSPS) is 17.2. The minimum atomic E-state index is -3.50. The summed E-state index contributed by atoms with van der Waals surface area (Å²) in [6.07, 6.45) is 10.1. The molecule has 1 aliphatic rings. The molecule has 3 aromatic heterocycles. The van der Waals surface area contributed by atoms with Crippen molar-refractivity contribution in [3.05, 3.63) is 71.2 Å². The van der Waals surface area contributed by atoms with Crippen LogP contribution in [0, 0.1) is 0 Å². The highest BCUT2D eigenvalue weighted by atomic mass is 32.2. The average molecular weight is 452 g/mol. The molecule has 0 amide bonds. The maximum absolute atomic E-state index is 12.9. The summed E-state index contributed by atoms with van der Waals surface area (Å²) in [6.45, 7) is 0.885. The Hall–Kier alpha value is -2.91. The maximum atomic E-state index is 12.9. The van der Waals surface area contributed by atoms with E-state index in [2.05, 4.69) is 30.9 Å². The largest absolute Gasteiger partial charge is 0.349 e. The number of hydrogen-bond donors (Lipinski definition) is 0. The number of nitrogens with zero attached hydrogens (tertiary/aromatic N) is 5. The molecule has 0 aliphatic carbocycles.